The van der Waals surface area contributed by atoms with Crippen molar-refractivity contribution in [1.29, 1.82) is 0 Å². The number of aromatic amines is 1. The number of aryl methyl sites for hydroxylation is 1. The van der Waals surface area contributed by atoms with Crippen molar-refractivity contribution >= 4 is 16.8 Å². The van der Waals surface area contributed by atoms with Crippen molar-refractivity contribution in [3.63, 3.8) is 0 Å². The van der Waals surface area contributed by atoms with Gasteiger partial charge in [0.15, 0.2) is 0 Å². The summed E-state index contributed by atoms with van der Waals surface area (Å²) in [5.41, 5.74) is 1.42. The van der Waals surface area contributed by atoms with Crippen LogP contribution in [-0.4, -0.2) is 28.0 Å². The number of benzene rings is 1. The molecule has 0 saturated carbocycles. The van der Waals surface area contributed by atoms with E-state index in [2.05, 4.69) is 20.3 Å². The zero-order valence-electron chi connectivity index (χ0n) is 14.5. The van der Waals surface area contributed by atoms with Gasteiger partial charge in [-0.3, -0.25) is 9.59 Å². The predicted octanol–water partition coefficient (Wildman–Crippen LogP) is 1.97. The maximum absolute atomic E-state index is 12.0. The number of nitrogens with one attached hydrogen (secondary N) is 2. The number of methoxy groups -OCH3 is 1. The Morgan fingerprint density at radius 2 is 2.08 bits per heavy atom. The molecule has 0 unspecified atom stereocenters. The van der Waals surface area contributed by atoms with Crippen LogP contribution in [0.2, 0.25) is 0 Å². The van der Waals surface area contributed by atoms with Gasteiger partial charge in [0.1, 0.15) is 5.82 Å². The third kappa shape index (κ3) is 4.44. The lowest BCUT2D eigenvalue weighted by molar-refractivity contribution is -0.121. The van der Waals surface area contributed by atoms with Crippen LogP contribution in [0.3, 0.4) is 0 Å². The summed E-state index contributed by atoms with van der Waals surface area (Å²) in [5, 5.41) is 3.42. The van der Waals surface area contributed by atoms with Crippen LogP contribution in [0.5, 0.6) is 5.88 Å². The van der Waals surface area contributed by atoms with Crippen LogP contribution >= 0.6 is 0 Å². The molecule has 0 radical (unpaired) electrons. The highest BCUT2D eigenvalue weighted by Crippen LogP contribution is 2.08. The van der Waals surface area contributed by atoms with Gasteiger partial charge in [-0.2, -0.15) is 0 Å². The molecule has 0 atom stereocenters. The number of pyridine rings is 1. The minimum Gasteiger partial charge on any atom is -0.481 e. The molecule has 2 heterocycles. The van der Waals surface area contributed by atoms with Crippen molar-refractivity contribution in [2.45, 2.75) is 25.8 Å². The minimum atomic E-state index is -0.151. The smallest absolute Gasteiger partial charge is 0.258 e. The Kier molecular flexibility index (Phi) is 5.58. The molecule has 2 aromatic heterocycles. The number of carbonyl (C=O) groups excluding carboxylic acids is 1. The van der Waals surface area contributed by atoms with Crippen LogP contribution in [0.4, 0.5) is 0 Å². The van der Waals surface area contributed by atoms with E-state index in [0.717, 1.165) is 5.56 Å². The summed E-state index contributed by atoms with van der Waals surface area (Å²) in [7, 11) is 1.56. The molecule has 0 saturated heterocycles. The second-order valence-corrected chi connectivity index (χ2v) is 5.87. The van der Waals surface area contributed by atoms with Gasteiger partial charge in [-0.25, -0.2) is 9.97 Å². The molecule has 7 nitrogen and oxygen atoms in total. The fourth-order valence-corrected chi connectivity index (χ4v) is 2.59. The first-order valence-corrected chi connectivity index (χ1v) is 8.39. The number of H-pyrrole nitrogens is 1. The molecular formula is C19H20N4O3. The third-order valence-electron chi connectivity index (χ3n) is 3.98. The number of nitrogens with zero attached hydrogens (tertiary/aromatic N) is 2. The maximum atomic E-state index is 12.0. The summed E-state index contributed by atoms with van der Waals surface area (Å²) in [6.07, 6.45) is 3.18. The molecule has 2 N–H and O–H groups in total. The second-order valence-electron chi connectivity index (χ2n) is 5.87. The van der Waals surface area contributed by atoms with E-state index >= 15 is 0 Å². The van der Waals surface area contributed by atoms with Crippen molar-refractivity contribution in [3.8, 4) is 5.88 Å². The van der Waals surface area contributed by atoms with Gasteiger partial charge in [-0.15, -0.1) is 0 Å². The van der Waals surface area contributed by atoms with Crippen LogP contribution in [0.1, 0.15) is 24.2 Å². The summed E-state index contributed by atoms with van der Waals surface area (Å²) in [6, 6.07) is 10.8. The van der Waals surface area contributed by atoms with Crippen LogP contribution in [-0.2, 0) is 17.8 Å². The molecule has 7 heteroatoms. The van der Waals surface area contributed by atoms with Gasteiger partial charge in [0, 0.05) is 31.6 Å². The van der Waals surface area contributed by atoms with Gasteiger partial charge in [0.05, 0.1) is 18.0 Å². The average molecular weight is 352 g/mol. The van der Waals surface area contributed by atoms with E-state index in [0.29, 0.717) is 48.4 Å². The Hall–Kier alpha value is -3.22. The van der Waals surface area contributed by atoms with E-state index in [4.69, 9.17) is 4.74 Å². The molecule has 26 heavy (non-hydrogen) atoms. The monoisotopic (exact) mass is 352 g/mol. The normalized spacial score (nSPS) is 10.7. The van der Waals surface area contributed by atoms with E-state index in [1.54, 1.807) is 25.4 Å². The number of hydrogen-bond donors (Lipinski definition) is 2. The Morgan fingerprint density at radius 1 is 1.23 bits per heavy atom. The van der Waals surface area contributed by atoms with Gasteiger partial charge in [0.25, 0.3) is 5.56 Å². The maximum Gasteiger partial charge on any atom is 0.258 e. The molecule has 1 aromatic carbocycles. The largest absolute Gasteiger partial charge is 0.481 e. The highest BCUT2D eigenvalue weighted by atomic mass is 16.5. The molecule has 3 aromatic rings. The van der Waals surface area contributed by atoms with Gasteiger partial charge in [0.2, 0.25) is 11.8 Å². The van der Waals surface area contributed by atoms with Gasteiger partial charge in [-0.05, 0) is 24.1 Å². The van der Waals surface area contributed by atoms with E-state index in [-0.39, 0.29) is 11.5 Å². The summed E-state index contributed by atoms with van der Waals surface area (Å²) >= 11 is 0. The highest BCUT2D eigenvalue weighted by molar-refractivity contribution is 5.77. The lowest BCUT2D eigenvalue weighted by Gasteiger charge is -2.06. The van der Waals surface area contributed by atoms with Crippen molar-refractivity contribution in [2.24, 2.45) is 0 Å². The Bertz CT molecular complexity index is 951. The van der Waals surface area contributed by atoms with E-state index in [9.17, 15) is 9.59 Å². The molecule has 0 bridgehead atoms. The standard InChI is InChI=1S/C19H20N4O3/c1-26-18-10-9-13(12-21-18)11-20-17(24)8-4-7-16-22-15-6-3-2-5-14(15)19(25)23-16/h2-3,5-6,9-10,12H,4,7-8,11H2,1H3,(H,20,24)(H,22,23,25). The van der Waals surface area contributed by atoms with Crippen LogP contribution in [0, 0.1) is 0 Å². The Balaban J connectivity index is 1.48. The van der Waals surface area contributed by atoms with Gasteiger partial charge < -0.3 is 15.0 Å². The average Bonchev–Trinajstić information content (AvgIpc) is 2.67. The first-order valence-electron chi connectivity index (χ1n) is 8.39. The second kappa shape index (κ2) is 8.24. The Labute approximate surface area is 150 Å². The number of hydrogen-bond acceptors (Lipinski definition) is 5. The zero-order valence-corrected chi connectivity index (χ0v) is 14.5. The first kappa shape index (κ1) is 17.6. The number of fused-ring (bicyclic) bond motifs is 1. The molecule has 0 fully saturated rings. The zero-order chi connectivity index (χ0) is 18.4. The minimum absolute atomic E-state index is 0.0519. The van der Waals surface area contributed by atoms with Crippen LogP contribution < -0.4 is 15.6 Å². The summed E-state index contributed by atoms with van der Waals surface area (Å²) < 4.78 is 5.00. The molecule has 1 amide bonds. The van der Waals surface area contributed by atoms with E-state index in [1.165, 1.54) is 0 Å². The molecule has 134 valence electrons. The molecular weight excluding hydrogens is 332 g/mol. The van der Waals surface area contributed by atoms with Crippen molar-refractivity contribution < 1.29 is 9.53 Å². The third-order valence-corrected chi connectivity index (χ3v) is 3.98. The topological polar surface area (TPSA) is 97.0 Å². The fourth-order valence-electron chi connectivity index (χ4n) is 2.59. The fraction of sp³-hybridized carbons (Fsp3) is 0.263. The highest BCUT2D eigenvalue weighted by Gasteiger charge is 2.06. The van der Waals surface area contributed by atoms with Gasteiger partial charge >= 0.3 is 0 Å². The summed E-state index contributed by atoms with van der Waals surface area (Å²) in [6.45, 7) is 0.418. The quantitative estimate of drug-likeness (QED) is 0.677. The number of ether oxygens (including phenoxy) is 1. The van der Waals surface area contributed by atoms with Crippen molar-refractivity contribution in [2.75, 3.05) is 7.11 Å². The predicted molar refractivity (Wildman–Crippen MR) is 97.9 cm³/mol. The van der Waals surface area contributed by atoms with E-state index < -0.39 is 0 Å². The first-order chi connectivity index (χ1) is 12.7. The molecule has 0 spiro atoms. The lowest BCUT2D eigenvalue weighted by atomic mass is 10.2. The number of carbonyl (C=O) groups is 1. The SMILES string of the molecule is COc1ccc(CNC(=O)CCCc2nc3ccccc3c(=O)[nH]2)cn1. The number of rotatable bonds is 7. The summed E-state index contributed by atoms with van der Waals surface area (Å²) in [5.74, 6) is 1.08. The number of para-hydroxylation sites is 1. The number of amides is 1. The van der Waals surface area contributed by atoms with Crippen molar-refractivity contribution in [3.05, 3.63) is 64.3 Å². The molecule has 0 aliphatic carbocycles. The van der Waals surface area contributed by atoms with Crippen LogP contribution in [0.25, 0.3) is 10.9 Å². The van der Waals surface area contributed by atoms with Crippen molar-refractivity contribution in [1.82, 2.24) is 20.3 Å². The van der Waals surface area contributed by atoms with Crippen LogP contribution in [0.15, 0.2) is 47.4 Å². The Morgan fingerprint density at radius 3 is 2.85 bits per heavy atom. The van der Waals surface area contributed by atoms with E-state index in [1.807, 2.05) is 24.3 Å². The molecule has 0 aliphatic rings. The number of aromatic nitrogens is 3. The molecule has 3 rings (SSSR count). The van der Waals surface area contributed by atoms with Gasteiger partial charge in [-0.1, -0.05) is 18.2 Å². The molecule has 0 aliphatic heterocycles. The summed E-state index contributed by atoms with van der Waals surface area (Å²) in [4.78, 5) is 35.3. The lowest BCUT2D eigenvalue weighted by Crippen LogP contribution is -2.22.